The summed E-state index contributed by atoms with van der Waals surface area (Å²) in [6.07, 6.45) is 7.57. The molecule has 5 nitrogen and oxygen atoms in total. The van der Waals surface area contributed by atoms with Gasteiger partial charge in [0.15, 0.2) is 5.82 Å². The van der Waals surface area contributed by atoms with E-state index in [0.717, 1.165) is 5.82 Å². The minimum absolute atomic E-state index is 0.469. The van der Waals surface area contributed by atoms with Crippen LogP contribution < -0.4 is 0 Å². The average Bonchev–Trinajstić information content (AvgIpc) is 2.73. The van der Waals surface area contributed by atoms with Crippen LogP contribution in [0, 0.1) is 0 Å². The Morgan fingerprint density at radius 2 is 2.00 bits per heavy atom. The SMILES string of the molecule is Cn1ccnc1CCC(O)c1ncccn1. The fourth-order valence-electron chi connectivity index (χ4n) is 1.51. The highest BCUT2D eigenvalue weighted by Gasteiger charge is 2.11. The van der Waals surface area contributed by atoms with E-state index in [0.29, 0.717) is 18.7 Å². The molecule has 0 aromatic carbocycles. The van der Waals surface area contributed by atoms with Crippen molar-refractivity contribution in [2.45, 2.75) is 18.9 Å². The molecule has 0 bridgehead atoms. The second kappa shape index (κ2) is 4.85. The Hall–Kier alpha value is -1.75. The highest BCUT2D eigenvalue weighted by Crippen LogP contribution is 2.13. The van der Waals surface area contributed by atoms with Crippen LogP contribution in [-0.4, -0.2) is 24.6 Å². The summed E-state index contributed by atoms with van der Waals surface area (Å²) in [5.74, 6) is 1.42. The molecule has 0 aliphatic carbocycles. The second-order valence-electron chi connectivity index (χ2n) is 3.62. The molecule has 0 fully saturated rings. The molecule has 2 heterocycles. The van der Waals surface area contributed by atoms with Gasteiger partial charge in [-0.25, -0.2) is 15.0 Å². The van der Waals surface area contributed by atoms with E-state index in [1.165, 1.54) is 0 Å². The molecule has 0 saturated carbocycles. The predicted molar refractivity (Wildman–Crippen MR) is 58.5 cm³/mol. The van der Waals surface area contributed by atoms with Gasteiger partial charge in [-0.1, -0.05) is 0 Å². The van der Waals surface area contributed by atoms with E-state index in [1.54, 1.807) is 24.7 Å². The molecule has 84 valence electrons. The fraction of sp³-hybridized carbons (Fsp3) is 0.364. The number of imidazole rings is 1. The summed E-state index contributed by atoms with van der Waals surface area (Å²) in [7, 11) is 1.94. The Balaban J connectivity index is 1.94. The van der Waals surface area contributed by atoms with E-state index in [2.05, 4.69) is 15.0 Å². The van der Waals surface area contributed by atoms with Crippen LogP contribution in [0.2, 0.25) is 0 Å². The number of hydrogen-bond donors (Lipinski definition) is 1. The second-order valence-corrected chi connectivity index (χ2v) is 3.62. The van der Waals surface area contributed by atoms with Gasteiger partial charge in [-0.15, -0.1) is 0 Å². The molecule has 0 saturated heterocycles. The topological polar surface area (TPSA) is 63.8 Å². The van der Waals surface area contributed by atoms with Crippen molar-refractivity contribution in [3.05, 3.63) is 42.5 Å². The molecule has 2 aromatic rings. The predicted octanol–water partition coefficient (Wildman–Crippen LogP) is 0.876. The number of nitrogens with zero attached hydrogens (tertiary/aromatic N) is 4. The summed E-state index contributed by atoms with van der Waals surface area (Å²) in [6.45, 7) is 0. The van der Waals surface area contributed by atoms with Crippen molar-refractivity contribution in [3.8, 4) is 0 Å². The van der Waals surface area contributed by atoms with E-state index >= 15 is 0 Å². The van der Waals surface area contributed by atoms with Crippen LogP contribution >= 0.6 is 0 Å². The lowest BCUT2D eigenvalue weighted by molar-refractivity contribution is 0.157. The van der Waals surface area contributed by atoms with Crippen molar-refractivity contribution < 1.29 is 5.11 Å². The molecule has 1 N–H and O–H groups in total. The third kappa shape index (κ3) is 2.43. The summed E-state index contributed by atoms with van der Waals surface area (Å²) in [5.41, 5.74) is 0. The normalized spacial score (nSPS) is 12.6. The molecule has 5 heteroatoms. The number of aryl methyl sites for hydroxylation is 2. The molecule has 0 radical (unpaired) electrons. The molecule has 0 aliphatic rings. The van der Waals surface area contributed by atoms with E-state index in [9.17, 15) is 5.11 Å². The standard InChI is InChI=1S/C11H14N4O/c1-15-8-7-12-10(15)4-3-9(16)11-13-5-2-6-14-11/h2,5-9,16H,3-4H2,1H3. The number of rotatable bonds is 4. The molecule has 2 aromatic heterocycles. The van der Waals surface area contributed by atoms with Crippen LogP contribution in [0.4, 0.5) is 0 Å². The van der Waals surface area contributed by atoms with Gasteiger partial charge in [0, 0.05) is 38.3 Å². The lowest BCUT2D eigenvalue weighted by Gasteiger charge is -2.08. The first-order valence-corrected chi connectivity index (χ1v) is 5.18. The highest BCUT2D eigenvalue weighted by molar-refractivity contribution is 4.96. The van der Waals surface area contributed by atoms with E-state index < -0.39 is 6.10 Å². The maximum absolute atomic E-state index is 9.85. The Kier molecular flexibility index (Phi) is 3.26. The molecule has 16 heavy (non-hydrogen) atoms. The zero-order valence-electron chi connectivity index (χ0n) is 9.11. The van der Waals surface area contributed by atoms with Gasteiger partial charge < -0.3 is 9.67 Å². The largest absolute Gasteiger partial charge is 0.385 e. The smallest absolute Gasteiger partial charge is 0.156 e. The van der Waals surface area contributed by atoms with Crippen LogP contribution in [0.5, 0.6) is 0 Å². The van der Waals surface area contributed by atoms with Crippen molar-refractivity contribution in [3.63, 3.8) is 0 Å². The number of aliphatic hydroxyl groups is 1. The van der Waals surface area contributed by atoms with Crippen molar-refractivity contribution in [1.82, 2.24) is 19.5 Å². The quantitative estimate of drug-likeness (QED) is 0.827. The Labute approximate surface area is 93.8 Å². The van der Waals surface area contributed by atoms with E-state index in [-0.39, 0.29) is 0 Å². The minimum atomic E-state index is -0.627. The molecule has 0 spiro atoms. The van der Waals surface area contributed by atoms with Gasteiger partial charge in [0.05, 0.1) is 0 Å². The van der Waals surface area contributed by atoms with E-state index in [4.69, 9.17) is 0 Å². The third-order valence-electron chi connectivity index (χ3n) is 2.45. The molecule has 1 unspecified atom stereocenters. The van der Waals surface area contributed by atoms with Crippen molar-refractivity contribution in [2.75, 3.05) is 0 Å². The molecule has 1 atom stereocenters. The van der Waals surface area contributed by atoms with Gasteiger partial charge in [-0.05, 0) is 12.5 Å². The maximum Gasteiger partial charge on any atom is 0.156 e. The van der Waals surface area contributed by atoms with Crippen LogP contribution in [0.25, 0.3) is 0 Å². The Morgan fingerprint density at radius 1 is 1.25 bits per heavy atom. The van der Waals surface area contributed by atoms with Crippen molar-refractivity contribution in [2.24, 2.45) is 7.05 Å². The summed E-state index contributed by atoms with van der Waals surface area (Å²) in [6, 6.07) is 1.73. The van der Waals surface area contributed by atoms with E-state index in [1.807, 2.05) is 17.8 Å². The zero-order valence-corrected chi connectivity index (χ0v) is 9.11. The van der Waals surface area contributed by atoms with Gasteiger partial charge in [0.2, 0.25) is 0 Å². The Bertz CT molecular complexity index is 440. The average molecular weight is 218 g/mol. The highest BCUT2D eigenvalue weighted by atomic mass is 16.3. The van der Waals surface area contributed by atoms with Crippen molar-refractivity contribution >= 4 is 0 Å². The van der Waals surface area contributed by atoms with Gasteiger partial charge in [0.1, 0.15) is 11.9 Å². The number of hydrogen-bond acceptors (Lipinski definition) is 4. The first-order valence-electron chi connectivity index (χ1n) is 5.18. The minimum Gasteiger partial charge on any atom is -0.385 e. The number of aliphatic hydroxyl groups excluding tert-OH is 1. The lowest BCUT2D eigenvalue weighted by Crippen LogP contribution is -2.06. The molecular formula is C11H14N4O. The first-order chi connectivity index (χ1) is 7.77. The summed E-state index contributed by atoms with van der Waals surface area (Å²) in [4.78, 5) is 12.2. The van der Waals surface area contributed by atoms with Crippen LogP contribution in [0.3, 0.4) is 0 Å². The number of aromatic nitrogens is 4. The van der Waals surface area contributed by atoms with Gasteiger partial charge in [-0.3, -0.25) is 0 Å². The molecule has 2 rings (SSSR count). The zero-order chi connectivity index (χ0) is 11.4. The summed E-state index contributed by atoms with van der Waals surface area (Å²) in [5, 5.41) is 9.85. The van der Waals surface area contributed by atoms with Crippen LogP contribution in [0.15, 0.2) is 30.9 Å². The summed E-state index contributed by atoms with van der Waals surface area (Å²) < 4.78 is 1.94. The Morgan fingerprint density at radius 3 is 2.62 bits per heavy atom. The van der Waals surface area contributed by atoms with Crippen LogP contribution in [0.1, 0.15) is 24.2 Å². The molecule has 0 amide bonds. The lowest BCUT2D eigenvalue weighted by atomic mass is 10.2. The maximum atomic E-state index is 9.85. The first kappa shape index (κ1) is 10.8. The van der Waals surface area contributed by atoms with Crippen molar-refractivity contribution in [1.29, 1.82) is 0 Å². The summed E-state index contributed by atoms with van der Waals surface area (Å²) >= 11 is 0. The van der Waals surface area contributed by atoms with Crippen LogP contribution in [-0.2, 0) is 13.5 Å². The van der Waals surface area contributed by atoms with Gasteiger partial charge in [-0.2, -0.15) is 0 Å². The van der Waals surface area contributed by atoms with Gasteiger partial charge >= 0.3 is 0 Å². The third-order valence-corrected chi connectivity index (χ3v) is 2.45. The van der Waals surface area contributed by atoms with Gasteiger partial charge in [0.25, 0.3) is 0 Å². The molecule has 0 aliphatic heterocycles. The molecular weight excluding hydrogens is 204 g/mol. The monoisotopic (exact) mass is 218 g/mol. The fourth-order valence-corrected chi connectivity index (χ4v) is 1.51.